The van der Waals surface area contributed by atoms with Crippen LogP contribution in [0.25, 0.3) is 0 Å². The molecular weight excluding hydrogens is 268 g/mol. The number of hydrogen-bond donors (Lipinski definition) is 1. The van der Waals surface area contributed by atoms with E-state index in [1.54, 1.807) is 14.1 Å². The lowest BCUT2D eigenvalue weighted by Gasteiger charge is -2.26. The zero-order chi connectivity index (χ0) is 14.0. The molecule has 1 atom stereocenters. The zero-order valence-corrected chi connectivity index (χ0v) is 12.1. The Bertz CT molecular complexity index is 515. The van der Waals surface area contributed by atoms with E-state index in [-0.39, 0.29) is 16.8 Å². The summed E-state index contributed by atoms with van der Waals surface area (Å²) in [6, 6.07) is 0. The minimum absolute atomic E-state index is 0.0363. The predicted molar refractivity (Wildman–Crippen MR) is 71.0 cm³/mol. The predicted octanol–water partition coefficient (Wildman–Crippen LogP) is 0.0494. The number of aromatic nitrogens is 2. The average molecular weight is 288 g/mol. The van der Waals surface area contributed by atoms with Gasteiger partial charge in [0.1, 0.15) is 0 Å². The van der Waals surface area contributed by atoms with Gasteiger partial charge in [-0.3, -0.25) is 0 Å². The second-order valence-corrected chi connectivity index (χ2v) is 6.87. The molecule has 1 fully saturated rings. The highest BCUT2D eigenvalue weighted by Gasteiger charge is 2.29. The van der Waals surface area contributed by atoms with Crippen LogP contribution in [-0.2, 0) is 21.8 Å². The lowest BCUT2D eigenvalue weighted by Crippen LogP contribution is -2.36. The van der Waals surface area contributed by atoms with Crippen molar-refractivity contribution in [2.24, 2.45) is 13.0 Å². The Kier molecular flexibility index (Phi) is 4.12. The second kappa shape index (κ2) is 5.48. The van der Waals surface area contributed by atoms with Gasteiger partial charge in [-0.05, 0) is 18.8 Å². The van der Waals surface area contributed by atoms with Crippen molar-refractivity contribution in [1.29, 1.82) is 0 Å². The fraction of sp³-hybridized carbons (Fsp3) is 0.727. The molecule has 2 N–H and O–H groups in total. The molecule has 2 rings (SSSR count). The van der Waals surface area contributed by atoms with Gasteiger partial charge in [0.2, 0.25) is 0 Å². The number of aryl methyl sites for hydroxylation is 1. The Morgan fingerprint density at radius 2 is 2.37 bits per heavy atom. The molecule has 1 unspecified atom stereocenters. The fourth-order valence-corrected chi connectivity index (χ4v) is 3.74. The summed E-state index contributed by atoms with van der Waals surface area (Å²) < 4.78 is 33.0. The van der Waals surface area contributed by atoms with E-state index >= 15 is 0 Å². The van der Waals surface area contributed by atoms with E-state index in [0.29, 0.717) is 13.2 Å². The van der Waals surface area contributed by atoms with Crippen LogP contribution in [0, 0.1) is 5.92 Å². The third-order valence-corrected chi connectivity index (χ3v) is 5.29. The van der Waals surface area contributed by atoms with Crippen LogP contribution in [0.15, 0.2) is 11.4 Å². The van der Waals surface area contributed by atoms with Gasteiger partial charge in [-0.1, -0.05) is 0 Å². The van der Waals surface area contributed by atoms with Crippen LogP contribution in [0.2, 0.25) is 0 Å². The zero-order valence-electron chi connectivity index (χ0n) is 11.2. The Balaban J connectivity index is 2.15. The van der Waals surface area contributed by atoms with Gasteiger partial charge >= 0.3 is 0 Å². The standard InChI is InChI=1S/C11H20N4O3S/c1-14-8-13-10(12)11(14)19(16,17)15(2)6-9-4-3-5-18-7-9/h8-9H,3-7,12H2,1-2H3. The number of rotatable bonds is 4. The summed E-state index contributed by atoms with van der Waals surface area (Å²) in [6.45, 7) is 1.81. The van der Waals surface area contributed by atoms with Gasteiger partial charge < -0.3 is 15.0 Å². The normalized spacial score (nSPS) is 20.9. The van der Waals surface area contributed by atoms with Crippen LogP contribution >= 0.6 is 0 Å². The summed E-state index contributed by atoms with van der Waals surface area (Å²) in [4.78, 5) is 3.82. The number of hydrogen-bond acceptors (Lipinski definition) is 5. The van der Waals surface area contributed by atoms with E-state index < -0.39 is 10.0 Å². The number of anilines is 1. The molecule has 0 radical (unpaired) electrons. The molecule has 1 saturated heterocycles. The highest BCUT2D eigenvalue weighted by molar-refractivity contribution is 7.89. The molecule has 0 saturated carbocycles. The SMILES string of the molecule is CN(CC1CCCOC1)S(=O)(=O)c1c(N)ncn1C. The van der Waals surface area contributed by atoms with E-state index in [0.717, 1.165) is 19.4 Å². The number of imidazole rings is 1. The fourth-order valence-electron chi connectivity index (χ4n) is 2.31. The number of nitrogens with two attached hydrogens (primary N) is 1. The highest BCUT2D eigenvalue weighted by Crippen LogP contribution is 2.22. The second-order valence-electron chi connectivity index (χ2n) is 4.91. The maximum atomic E-state index is 12.5. The maximum Gasteiger partial charge on any atom is 0.262 e. The quantitative estimate of drug-likeness (QED) is 0.845. The minimum atomic E-state index is -3.60. The van der Waals surface area contributed by atoms with Crippen molar-refractivity contribution in [3.05, 3.63) is 6.33 Å². The first kappa shape index (κ1) is 14.3. The van der Waals surface area contributed by atoms with Crippen LogP contribution in [-0.4, -0.2) is 49.1 Å². The van der Waals surface area contributed by atoms with Crippen LogP contribution < -0.4 is 5.73 Å². The van der Waals surface area contributed by atoms with Gasteiger partial charge in [0.25, 0.3) is 10.0 Å². The minimum Gasteiger partial charge on any atom is -0.381 e. The molecule has 0 spiro atoms. The smallest absolute Gasteiger partial charge is 0.262 e. The molecule has 0 bridgehead atoms. The molecule has 1 aliphatic rings. The van der Waals surface area contributed by atoms with E-state index in [1.807, 2.05) is 0 Å². The first-order valence-electron chi connectivity index (χ1n) is 6.24. The molecular formula is C11H20N4O3S. The lowest BCUT2D eigenvalue weighted by molar-refractivity contribution is 0.0495. The van der Waals surface area contributed by atoms with Crippen molar-refractivity contribution in [2.45, 2.75) is 17.9 Å². The lowest BCUT2D eigenvalue weighted by atomic mass is 10.0. The van der Waals surface area contributed by atoms with E-state index in [4.69, 9.17) is 10.5 Å². The first-order chi connectivity index (χ1) is 8.93. The summed E-state index contributed by atoms with van der Waals surface area (Å²) in [5.41, 5.74) is 5.64. The molecule has 1 aliphatic heterocycles. The third kappa shape index (κ3) is 2.90. The van der Waals surface area contributed by atoms with Gasteiger partial charge in [-0.25, -0.2) is 13.4 Å². The van der Waals surface area contributed by atoms with Crippen LogP contribution in [0.5, 0.6) is 0 Å². The van der Waals surface area contributed by atoms with Crippen molar-refractivity contribution in [3.63, 3.8) is 0 Å². The van der Waals surface area contributed by atoms with Crippen molar-refractivity contribution in [1.82, 2.24) is 13.9 Å². The topological polar surface area (TPSA) is 90.4 Å². The molecule has 7 nitrogen and oxygen atoms in total. The Morgan fingerprint density at radius 3 is 2.89 bits per heavy atom. The van der Waals surface area contributed by atoms with Crippen molar-refractivity contribution in [2.75, 3.05) is 32.5 Å². The summed E-state index contributed by atoms with van der Waals surface area (Å²) in [5.74, 6) is 0.275. The highest BCUT2D eigenvalue weighted by atomic mass is 32.2. The van der Waals surface area contributed by atoms with Gasteiger partial charge in [-0.2, -0.15) is 4.31 Å². The Hall–Kier alpha value is -1.12. The molecule has 108 valence electrons. The van der Waals surface area contributed by atoms with Crippen LogP contribution in [0.4, 0.5) is 5.82 Å². The maximum absolute atomic E-state index is 12.5. The summed E-state index contributed by atoms with van der Waals surface area (Å²) >= 11 is 0. The molecule has 0 aliphatic carbocycles. The van der Waals surface area contributed by atoms with Gasteiger partial charge in [0.05, 0.1) is 12.9 Å². The van der Waals surface area contributed by atoms with E-state index in [9.17, 15) is 8.42 Å². The van der Waals surface area contributed by atoms with Gasteiger partial charge in [0.15, 0.2) is 10.8 Å². The van der Waals surface area contributed by atoms with Crippen LogP contribution in [0.1, 0.15) is 12.8 Å². The molecule has 8 heteroatoms. The molecule has 1 aromatic rings. The Labute approximate surface area is 113 Å². The number of ether oxygens (including phenoxy) is 1. The van der Waals surface area contributed by atoms with Crippen molar-refractivity contribution in [3.8, 4) is 0 Å². The first-order valence-corrected chi connectivity index (χ1v) is 7.68. The van der Waals surface area contributed by atoms with E-state index in [1.165, 1.54) is 15.2 Å². The molecule has 19 heavy (non-hydrogen) atoms. The molecule has 1 aromatic heterocycles. The monoisotopic (exact) mass is 288 g/mol. The van der Waals surface area contributed by atoms with Crippen molar-refractivity contribution < 1.29 is 13.2 Å². The van der Waals surface area contributed by atoms with Gasteiger partial charge in [-0.15, -0.1) is 0 Å². The summed E-state index contributed by atoms with van der Waals surface area (Å²) in [7, 11) is -0.418. The number of sulfonamides is 1. The number of nitrogens with zero attached hydrogens (tertiary/aromatic N) is 3. The van der Waals surface area contributed by atoms with Gasteiger partial charge in [0, 0.05) is 27.2 Å². The van der Waals surface area contributed by atoms with E-state index in [2.05, 4.69) is 4.98 Å². The largest absolute Gasteiger partial charge is 0.381 e. The Morgan fingerprint density at radius 1 is 1.63 bits per heavy atom. The van der Waals surface area contributed by atoms with Crippen molar-refractivity contribution >= 4 is 15.8 Å². The third-order valence-electron chi connectivity index (χ3n) is 3.33. The summed E-state index contributed by atoms with van der Waals surface area (Å²) in [5, 5.41) is 0.0479. The molecule has 0 aromatic carbocycles. The molecule has 2 heterocycles. The number of nitrogen functional groups attached to an aromatic ring is 1. The average Bonchev–Trinajstić information content (AvgIpc) is 2.70. The van der Waals surface area contributed by atoms with Crippen LogP contribution in [0.3, 0.4) is 0 Å². The summed E-state index contributed by atoms with van der Waals surface area (Å²) in [6.07, 6.45) is 3.37. The molecule has 0 amide bonds.